The lowest BCUT2D eigenvalue weighted by atomic mass is 9.98. The number of benzene rings is 1. The minimum atomic E-state index is -0.211. The molecule has 100 valence electrons. The van der Waals surface area contributed by atoms with E-state index in [0.717, 1.165) is 37.4 Å². The van der Waals surface area contributed by atoms with Crippen LogP contribution in [-0.4, -0.2) is 26.8 Å². The van der Waals surface area contributed by atoms with Gasteiger partial charge < -0.3 is 9.64 Å². The largest absolute Gasteiger partial charge is 0.384 e. The van der Waals surface area contributed by atoms with Gasteiger partial charge in [0.2, 0.25) is 0 Å². The molecule has 0 saturated carbocycles. The molecule has 0 bridgehead atoms. The van der Waals surface area contributed by atoms with E-state index in [2.05, 4.69) is 4.90 Å². The second-order valence-corrected chi connectivity index (χ2v) is 5.13. The van der Waals surface area contributed by atoms with E-state index in [1.54, 1.807) is 13.2 Å². The van der Waals surface area contributed by atoms with Crippen molar-refractivity contribution in [3.05, 3.63) is 29.6 Å². The summed E-state index contributed by atoms with van der Waals surface area (Å²) in [4.78, 5) is 2.23. The zero-order chi connectivity index (χ0) is 13.0. The van der Waals surface area contributed by atoms with E-state index in [-0.39, 0.29) is 5.82 Å². The number of piperidine rings is 1. The number of alkyl halides is 1. The molecule has 1 aromatic rings. The van der Waals surface area contributed by atoms with Gasteiger partial charge in [-0.2, -0.15) is 0 Å². The van der Waals surface area contributed by atoms with Crippen molar-refractivity contribution in [1.29, 1.82) is 0 Å². The second-order valence-electron chi connectivity index (χ2n) is 4.86. The minimum Gasteiger partial charge on any atom is -0.384 e. The number of hydrogen-bond donors (Lipinski definition) is 0. The van der Waals surface area contributed by atoms with Gasteiger partial charge in [0.1, 0.15) is 5.82 Å². The van der Waals surface area contributed by atoms with Crippen LogP contribution in [0, 0.1) is 11.7 Å². The maximum atomic E-state index is 13.5. The Balaban J connectivity index is 2.12. The van der Waals surface area contributed by atoms with Gasteiger partial charge in [-0.1, -0.05) is 0 Å². The third kappa shape index (κ3) is 3.36. The molecule has 1 aromatic carbocycles. The smallest absolute Gasteiger partial charge is 0.125 e. The summed E-state index contributed by atoms with van der Waals surface area (Å²) in [5.41, 5.74) is 1.77. The van der Waals surface area contributed by atoms with Crippen LogP contribution in [0.4, 0.5) is 10.1 Å². The summed E-state index contributed by atoms with van der Waals surface area (Å²) in [5.74, 6) is 0.670. The quantitative estimate of drug-likeness (QED) is 0.778. The monoisotopic (exact) mass is 271 g/mol. The number of anilines is 1. The molecule has 0 spiro atoms. The fraction of sp³-hybridized carbons (Fsp3) is 0.571. The number of halogens is 2. The first kappa shape index (κ1) is 13.6. The summed E-state index contributed by atoms with van der Waals surface area (Å²) in [7, 11) is 1.73. The number of rotatable bonds is 4. The highest BCUT2D eigenvalue weighted by atomic mass is 35.5. The Hall–Kier alpha value is -0.800. The van der Waals surface area contributed by atoms with Crippen molar-refractivity contribution < 1.29 is 9.13 Å². The molecular weight excluding hydrogens is 253 g/mol. The molecule has 1 aliphatic rings. The normalized spacial score (nSPS) is 20.2. The lowest BCUT2D eigenvalue weighted by Gasteiger charge is -2.34. The number of ether oxygens (including phenoxy) is 1. The van der Waals surface area contributed by atoms with Gasteiger partial charge in [-0.15, -0.1) is 11.6 Å². The SMILES string of the molecule is COCC1CCCN(c2cc(F)cc(CCl)c2)C1. The summed E-state index contributed by atoms with van der Waals surface area (Å²) < 4.78 is 18.7. The average molecular weight is 272 g/mol. The molecule has 18 heavy (non-hydrogen) atoms. The molecule has 0 amide bonds. The van der Waals surface area contributed by atoms with Gasteiger partial charge in [0.05, 0.1) is 6.61 Å². The Morgan fingerprint density at radius 3 is 3.00 bits per heavy atom. The zero-order valence-electron chi connectivity index (χ0n) is 10.7. The first-order valence-corrected chi connectivity index (χ1v) is 6.85. The number of nitrogens with zero attached hydrogens (tertiary/aromatic N) is 1. The Bertz CT molecular complexity index is 397. The molecular formula is C14H19ClFNO. The van der Waals surface area contributed by atoms with Crippen LogP contribution in [0.2, 0.25) is 0 Å². The van der Waals surface area contributed by atoms with Crippen molar-refractivity contribution >= 4 is 17.3 Å². The van der Waals surface area contributed by atoms with Gasteiger partial charge in [0.25, 0.3) is 0 Å². The van der Waals surface area contributed by atoms with E-state index in [1.165, 1.54) is 12.5 Å². The molecule has 4 heteroatoms. The Labute approximate surface area is 113 Å². The highest BCUT2D eigenvalue weighted by Crippen LogP contribution is 2.25. The first-order valence-electron chi connectivity index (χ1n) is 6.32. The molecule has 0 radical (unpaired) electrons. The standard InChI is InChI=1S/C14H19ClFNO/c1-18-10-11-3-2-4-17(9-11)14-6-12(8-15)5-13(16)7-14/h5-7,11H,2-4,8-10H2,1H3. The van der Waals surface area contributed by atoms with E-state index in [9.17, 15) is 4.39 Å². The molecule has 1 atom stereocenters. The van der Waals surface area contributed by atoms with Crippen molar-refractivity contribution in [3.8, 4) is 0 Å². The van der Waals surface area contributed by atoms with Gasteiger partial charge in [0.15, 0.2) is 0 Å². The summed E-state index contributed by atoms with van der Waals surface area (Å²) in [5, 5.41) is 0. The lowest BCUT2D eigenvalue weighted by Crippen LogP contribution is -2.37. The van der Waals surface area contributed by atoms with Crippen LogP contribution in [0.1, 0.15) is 18.4 Å². The topological polar surface area (TPSA) is 12.5 Å². The van der Waals surface area contributed by atoms with Crippen LogP contribution >= 0.6 is 11.6 Å². The second kappa shape index (κ2) is 6.39. The van der Waals surface area contributed by atoms with Gasteiger partial charge in [-0.05, 0) is 42.5 Å². The molecule has 0 N–H and O–H groups in total. The predicted octanol–water partition coefficient (Wildman–Crippen LogP) is 3.43. The molecule has 2 nitrogen and oxygen atoms in total. The first-order chi connectivity index (χ1) is 8.72. The average Bonchev–Trinajstić information content (AvgIpc) is 2.39. The van der Waals surface area contributed by atoms with Crippen molar-refractivity contribution in [1.82, 2.24) is 0 Å². The number of hydrogen-bond acceptors (Lipinski definition) is 2. The zero-order valence-corrected chi connectivity index (χ0v) is 11.4. The molecule has 1 fully saturated rings. The molecule has 1 aliphatic heterocycles. The van der Waals surface area contributed by atoms with E-state index >= 15 is 0 Å². The fourth-order valence-electron chi connectivity index (χ4n) is 2.56. The van der Waals surface area contributed by atoms with Crippen LogP contribution in [0.25, 0.3) is 0 Å². The molecule has 1 unspecified atom stereocenters. The maximum Gasteiger partial charge on any atom is 0.125 e. The highest BCUT2D eigenvalue weighted by Gasteiger charge is 2.20. The van der Waals surface area contributed by atoms with Gasteiger partial charge in [-0.25, -0.2) is 4.39 Å². The lowest BCUT2D eigenvalue weighted by molar-refractivity contribution is 0.143. The molecule has 2 rings (SSSR count). The summed E-state index contributed by atoms with van der Waals surface area (Å²) in [6, 6.07) is 5.06. The maximum absolute atomic E-state index is 13.5. The van der Waals surface area contributed by atoms with Gasteiger partial charge in [-0.3, -0.25) is 0 Å². The van der Waals surface area contributed by atoms with Crippen LogP contribution in [0.5, 0.6) is 0 Å². The molecule has 1 heterocycles. The van der Waals surface area contributed by atoms with E-state index < -0.39 is 0 Å². The fourth-order valence-corrected chi connectivity index (χ4v) is 2.72. The van der Waals surface area contributed by atoms with Gasteiger partial charge in [0, 0.05) is 31.8 Å². The summed E-state index contributed by atoms with van der Waals surface area (Å²) in [6.45, 7) is 2.68. The van der Waals surface area contributed by atoms with Crippen LogP contribution in [0.15, 0.2) is 18.2 Å². The third-order valence-electron chi connectivity index (χ3n) is 3.38. The number of methoxy groups -OCH3 is 1. The highest BCUT2D eigenvalue weighted by molar-refractivity contribution is 6.17. The third-order valence-corrected chi connectivity index (χ3v) is 3.69. The van der Waals surface area contributed by atoms with Crippen LogP contribution < -0.4 is 4.90 Å². The van der Waals surface area contributed by atoms with Crippen molar-refractivity contribution in [2.75, 3.05) is 31.7 Å². The molecule has 0 aliphatic carbocycles. The van der Waals surface area contributed by atoms with E-state index in [0.29, 0.717) is 11.8 Å². The predicted molar refractivity (Wildman–Crippen MR) is 72.8 cm³/mol. The van der Waals surface area contributed by atoms with Crippen molar-refractivity contribution in [2.45, 2.75) is 18.7 Å². The summed E-state index contributed by atoms with van der Waals surface area (Å²) in [6.07, 6.45) is 2.31. The Morgan fingerprint density at radius 1 is 1.44 bits per heavy atom. The van der Waals surface area contributed by atoms with Crippen molar-refractivity contribution in [2.24, 2.45) is 5.92 Å². The Kier molecular flexibility index (Phi) is 4.84. The van der Waals surface area contributed by atoms with E-state index in [1.807, 2.05) is 6.07 Å². The molecule has 1 saturated heterocycles. The Morgan fingerprint density at radius 2 is 2.28 bits per heavy atom. The minimum absolute atomic E-state index is 0.211. The molecule has 0 aromatic heterocycles. The van der Waals surface area contributed by atoms with Crippen LogP contribution in [0.3, 0.4) is 0 Å². The summed E-state index contributed by atoms with van der Waals surface area (Å²) >= 11 is 5.78. The van der Waals surface area contributed by atoms with Crippen LogP contribution in [-0.2, 0) is 10.6 Å². The van der Waals surface area contributed by atoms with Gasteiger partial charge >= 0.3 is 0 Å². The van der Waals surface area contributed by atoms with E-state index in [4.69, 9.17) is 16.3 Å². The van der Waals surface area contributed by atoms with Crippen molar-refractivity contribution in [3.63, 3.8) is 0 Å².